The Morgan fingerprint density at radius 1 is 1.00 bits per heavy atom. The quantitative estimate of drug-likeness (QED) is 0.317. The normalized spacial score (nSPS) is 16.9. The average molecular weight is 385 g/mol. The van der Waals surface area contributed by atoms with Gasteiger partial charge >= 0.3 is 15.2 Å². The maximum absolute atomic E-state index is 12.0. The predicted molar refractivity (Wildman–Crippen MR) is 90.6 cm³/mol. The second-order valence-electron chi connectivity index (χ2n) is 6.51. The van der Waals surface area contributed by atoms with Gasteiger partial charge in [-0.2, -0.15) is 0 Å². The fourth-order valence-corrected chi connectivity index (χ4v) is 6.06. The molecule has 142 valence electrons. The molecule has 0 radical (unpaired) electrons. The predicted octanol–water partition coefficient (Wildman–Crippen LogP) is 2.41. The van der Waals surface area contributed by atoms with Crippen molar-refractivity contribution in [3.8, 4) is 0 Å². The lowest BCUT2D eigenvalue weighted by molar-refractivity contribution is -0.127. The molecule has 0 saturated carbocycles. The van der Waals surface area contributed by atoms with Crippen molar-refractivity contribution in [2.24, 2.45) is 0 Å². The van der Waals surface area contributed by atoms with Gasteiger partial charge in [0.25, 0.3) is 0 Å². The van der Waals surface area contributed by atoms with Crippen molar-refractivity contribution in [1.29, 1.82) is 0 Å². The first-order chi connectivity index (χ1) is 11.0. The zero-order valence-electron chi connectivity index (χ0n) is 14.1. The lowest BCUT2D eigenvalue weighted by Gasteiger charge is -2.37. The molecule has 0 spiro atoms. The zero-order chi connectivity index (χ0) is 18.4. The first-order valence-corrected chi connectivity index (χ1v) is 11.7. The number of amides is 1. The largest absolute Gasteiger partial charge is 0.345 e. The van der Waals surface area contributed by atoms with Gasteiger partial charge in [-0.1, -0.05) is 45.4 Å². The summed E-state index contributed by atoms with van der Waals surface area (Å²) in [7, 11) is -10.3. The third kappa shape index (κ3) is 5.38. The number of hydrogen-bond donors (Lipinski definition) is 4. The first kappa shape index (κ1) is 21.8. The van der Waals surface area contributed by atoms with Crippen LogP contribution < -0.4 is 0 Å². The van der Waals surface area contributed by atoms with Crippen molar-refractivity contribution >= 4 is 21.1 Å². The van der Waals surface area contributed by atoms with Gasteiger partial charge in [-0.3, -0.25) is 13.9 Å². The van der Waals surface area contributed by atoms with Crippen LogP contribution in [0.1, 0.15) is 64.7 Å². The van der Waals surface area contributed by atoms with E-state index in [0.717, 1.165) is 25.7 Å². The maximum atomic E-state index is 12.0. The SMILES string of the molecule is CCCCCCCCC(CN1CCCC1=O)(P(=O)(O)O)P(=O)(O)O. The highest BCUT2D eigenvalue weighted by atomic mass is 31.2. The molecule has 0 unspecified atom stereocenters. The van der Waals surface area contributed by atoms with Crippen molar-refractivity contribution in [1.82, 2.24) is 4.90 Å². The molecule has 0 bridgehead atoms. The van der Waals surface area contributed by atoms with Crippen molar-refractivity contribution in [2.45, 2.75) is 69.6 Å². The van der Waals surface area contributed by atoms with E-state index in [4.69, 9.17) is 0 Å². The molecule has 4 N–H and O–H groups in total. The lowest BCUT2D eigenvalue weighted by Crippen LogP contribution is -2.43. The Morgan fingerprint density at radius 3 is 2.00 bits per heavy atom. The van der Waals surface area contributed by atoms with E-state index in [2.05, 4.69) is 6.92 Å². The summed E-state index contributed by atoms with van der Waals surface area (Å²) in [5.74, 6) is -0.316. The summed E-state index contributed by atoms with van der Waals surface area (Å²) in [4.78, 5) is 49.4. The molecule has 1 fully saturated rings. The Labute approximate surface area is 143 Å². The molecule has 1 amide bonds. The number of carbonyl (C=O) groups excluding carboxylic acids is 1. The standard InChI is InChI=1S/C14H29NO7P2/c1-2-3-4-5-6-7-10-14(23(17,18)19,24(20,21)22)12-15-11-8-9-13(15)16/h2-12H2,1H3,(H2,17,18,19)(H2,20,21,22). The fourth-order valence-electron chi connectivity index (χ4n) is 3.09. The van der Waals surface area contributed by atoms with Crippen LogP contribution in [0.5, 0.6) is 0 Å². The van der Waals surface area contributed by atoms with Crippen molar-refractivity contribution in [2.75, 3.05) is 13.1 Å². The number of hydrogen-bond acceptors (Lipinski definition) is 3. The molecule has 1 aliphatic heterocycles. The van der Waals surface area contributed by atoms with E-state index in [-0.39, 0.29) is 25.3 Å². The van der Waals surface area contributed by atoms with E-state index in [0.29, 0.717) is 19.3 Å². The molecule has 8 nitrogen and oxygen atoms in total. The number of unbranched alkanes of at least 4 members (excludes halogenated alkanes) is 5. The van der Waals surface area contributed by atoms with Gasteiger partial charge in [-0.05, 0) is 12.8 Å². The van der Waals surface area contributed by atoms with Crippen LogP contribution in [-0.2, 0) is 13.9 Å². The topological polar surface area (TPSA) is 135 Å². The lowest BCUT2D eigenvalue weighted by atomic mass is 10.1. The summed E-state index contributed by atoms with van der Waals surface area (Å²) in [6.45, 7) is 1.76. The van der Waals surface area contributed by atoms with E-state index in [1.165, 1.54) is 4.90 Å². The highest BCUT2D eigenvalue weighted by Crippen LogP contribution is 2.71. The van der Waals surface area contributed by atoms with Gasteiger partial charge in [-0.25, -0.2) is 0 Å². The third-order valence-corrected chi connectivity index (χ3v) is 9.09. The second kappa shape index (κ2) is 8.93. The van der Waals surface area contributed by atoms with Gasteiger partial charge < -0.3 is 24.5 Å². The Balaban J connectivity index is 2.90. The fraction of sp³-hybridized carbons (Fsp3) is 0.929. The van der Waals surface area contributed by atoms with Gasteiger partial charge in [0, 0.05) is 19.5 Å². The smallest absolute Gasteiger partial charge is 0.341 e. The number of carbonyl (C=O) groups is 1. The Morgan fingerprint density at radius 2 is 1.54 bits per heavy atom. The Bertz CT molecular complexity index is 491. The van der Waals surface area contributed by atoms with Crippen LogP contribution in [0.3, 0.4) is 0 Å². The van der Waals surface area contributed by atoms with Gasteiger partial charge in [0.2, 0.25) is 5.91 Å². The summed E-state index contributed by atoms with van der Waals surface area (Å²) >= 11 is 0. The molecule has 1 heterocycles. The van der Waals surface area contributed by atoms with E-state index in [9.17, 15) is 33.5 Å². The van der Waals surface area contributed by atoms with Crippen LogP contribution in [0.2, 0.25) is 0 Å². The number of nitrogens with zero attached hydrogens (tertiary/aromatic N) is 1. The van der Waals surface area contributed by atoms with Gasteiger partial charge in [0.05, 0.1) is 0 Å². The van der Waals surface area contributed by atoms with E-state index in [1.54, 1.807) is 0 Å². The molecular weight excluding hydrogens is 356 g/mol. The third-order valence-electron chi connectivity index (χ3n) is 4.63. The molecule has 1 saturated heterocycles. The van der Waals surface area contributed by atoms with Crippen LogP contribution in [0, 0.1) is 0 Å². The molecular formula is C14H29NO7P2. The van der Waals surface area contributed by atoms with Crippen molar-refractivity contribution < 1.29 is 33.5 Å². The molecule has 0 aromatic heterocycles. The maximum Gasteiger partial charge on any atom is 0.345 e. The summed E-state index contributed by atoms with van der Waals surface area (Å²) in [6.07, 6.45) is 5.41. The number of likely N-dealkylation sites (tertiary alicyclic amines) is 1. The molecule has 0 aromatic rings. The number of rotatable bonds is 11. The summed E-state index contributed by atoms with van der Waals surface area (Å²) in [5.41, 5.74) is 0. The monoisotopic (exact) mass is 385 g/mol. The highest BCUT2D eigenvalue weighted by Gasteiger charge is 2.60. The van der Waals surface area contributed by atoms with Gasteiger partial charge in [0.1, 0.15) is 0 Å². The van der Waals surface area contributed by atoms with E-state index < -0.39 is 26.6 Å². The minimum absolute atomic E-state index is 0.245. The average Bonchev–Trinajstić information content (AvgIpc) is 2.84. The Kier molecular flexibility index (Phi) is 8.11. The molecule has 0 aromatic carbocycles. The van der Waals surface area contributed by atoms with E-state index in [1.807, 2.05) is 0 Å². The highest BCUT2D eigenvalue weighted by molar-refractivity contribution is 7.72. The van der Waals surface area contributed by atoms with Crippen LogP contribution in [-0.4, -0.2) is 48.4 Å². The van der Waals surface area contributed by atoms with Gasteiger partial charge in [0.15, 0.2) is 4.90 Å². The van der Waals surface area contributed by atoms with Crippen molar-refractivity contribution in [3.05, 3.63) is 0 Å². The molecule has 10 heteroatoms. The summed E-state index contributed by atoms with van der Waals surface area (Å²) < 4.78 is 24.0. The second-order valence-corrected chi connectivity index (χ2v) is 10.7. The first-order valence-electron chi connectivity index (χ1n) is 8.44. The van der Waals surface area contributed by atoms with Crippen LogP contribution in [0.25, 0.3) is 0 Å². The minimum atomic E-state index is -5.13. The molecule has 1 aliphatic rings. The molecule has 0 atom stereocenters. The zero-order valence-corrected chi connectivity index (χ0v) is 15.9. The minimum Gasteiger partial charge on any atom is -0.341 e. The van der Waals surface area contributed by atoms with Gasteiger partial charge in [-0.15, -0.1) is 0 Å². The van der Waals surface area contributed by atoms with E-state index >= 15 is 0 Å². The van der Waals surface area contributed by atoms with Crippen molar-refractivity contribution in [3.63, 3.8) is 0 Å². The van der Waals surface area contributed by atoms with Crippen LogP contribution in [0.15, 0.2) is 0 Å². The Hall–Kier alpha value is -0.230. The van der Waals surface area contributed by atoms with Crippen LogP contribution in [0.4, 0.5) is 0 Å². The van der Waals surface area contributed by atoms with Crippen LogP contribution >= 0.6 is 15.2 Å². The molecule has 0 aliphatic carbocycles. The summed E-state index contributed by atoms with van der Waals surface area (Å²) in [6, 6.07) is 0. The summed E-state index contributed by atoms with van der Waals surface area (Å²) in [5, 5.41) is 0. The molecule has 24 heavy (non-hydrogen) atoms. The molecule has 1 rings (SSSR count).